The van der Waals surface area contributed by atoms with Gasteiger partial charge in [0.1, 0.15) is 12.3 Å². The van der Waals surface area contributed by atoms with Crippen molar-refractivity contribution in [2.75, 3.05) is 23.7 Å². The van der Waals surface area contributed by atoms with Gasteiger partial charge in [-0.25, -0.2) is 13.8 Å². The Morgan fingerprint density at radius 3 is 2.28 bits per heavy atom. The minimum Gasteiger partial charge on any atom is -0.484 e. The Morgan fingerprint density at radius 1 is 1.09 bits per heavy atom. The van der Waals surface area contributed by atoms with Gasteiger partial charge in [0, 0.05) is 10.5 Å². The smallest absolute Gasteiger partial charge is 0.260 e. The molecule has 0 fully saturated rings. The van der Waals surface area contributed by atoms with Gasteiger partial charge in [0.05, 0.1) is 18.2 Å². The zero-order chi connectivity index (χ0) is 23.7. The molecule has 2 aromatic carbocycles. The second-order valence-electron chi connectivity index (χ2n) is 7.12. The summed E-state index contributed by atoms with van der Waals surface area (Å²) in [7, 11) is -3.66. The number of carbonyl (C=O) groups excluding carboxylic acids is 2. The Balaban J connectivity index is 1.90. The largest absolute Gasteiger partial charge is 0.484 e. The van der Waals surface area contributed by atoms with Crippen molar-refractivity contribution < 1.29 is 22.7 Å². The molecule has 2 N–H and O–H groups in total. The summed E-state index contributed by atoms with van der Waals surface area (Å²) in [5, 5.41) is 6.59. The normalized spacial score (nSPS) is 11.4. The van der Waals surface area contributed by atoms with Crippen LogP contribution in [0.3, 0.4) is 0 Å². The first-order valence-corrected chi connectivity index (χ1v) is 12.3. The summed E-state index contributed by atoms with van der Waals surface area (Å²) in [5.41, 5.74) is 3.36. The fraction of sp³-hybridized carbons (Fsp3) is 0.286. The number of amides is 2. The monoisotopic (exact) mass is 524 g/mol. The van der Waals surface area contributed by atoms with Crippen molar-refractivity contribution in [2.24, 2.45) is 5.10 Å². The van der Waals surface area contributed by atoms with Crippen LogP contribution in [0.15, 0.2) is 58.1 Å². The molecule has 0 unspecified atom stereocenters. The van der Waals surface area contributed by atoms with Crippen LogP contribution in [-0.4, -0.2) is 51.9 Å². The summed E-state index contributed by atoms with van der Waals surface area (Å²) in [5.74, 6) is -0.284. The van der Waals surface area contributed by atoms with Crippen LogP contribution in [0.25, 0.3) is 0 Å². The highest BCUT2D eigenvalue weighted by atomic mass is 79.9. The third-order valence-electron chi connectivity index (χ3n) is 3.90. The summed E-state index contributed by atoms with van der Waals surface area (Å²) in [6.07, 6.45) is 2.44. The first kappa shape index (κ1) is 25.3. The first-order valence-electron chi connectivity index (χ1n) is 9.62. The van der Waals surface area contributed by atoms with E-state index in [1.807, 2.05) is 13.8 Å². The number of halogens is 1. The molecule has 2 rings (SSSR count). The van der Waals surface area contributed by atoms with Crippen molar-refractivity contribution >= 4 is 49.7 Å². The summed E-state index contributed by atoms with van der Waals surface area (Å²) >= 11 is 3.29. The van der Waals surface area contributed by atoms with E-state index in [0.717, 1.165) is 15.0 Å². The van der Waals surface area contributed by atoms with E-state index in [0.29, 0.717) is 17.0 Å². The Hall–Kier alpha value is -2.92. The Morgan fingerprint density at radius 2 is 1.72 bits per heavy atom. The highest BCUT2D eigenvalue weighted by Crippen LogP contribution is 2.20. The fourth-order valence-electron chi connectivity index (χ4n) is 2.51. The van der Waals surface area contributed by atoms with Crippen molar-refractivity contribution in [3.8, 4) is 5.75 Å². The van der Waals surface area contributed by atoms with E-state index in [1.165, 1.54) is 6.21 Å². The maximum atomic E-state index is 12.2. The van der Waals surface area contributed by atoms with E-state index in [1.54, 1.807) is 48.5 Å². The first-order chi connectivity index (χ1) is 15.0. The standard InChI is InChI=1S/C21H25BrN4O5S/c1-15(2)24-21(28)14-31-19-10-4-16(5-11-19)12-23-25-20(27)13-26(32(3,29)30)18-8-6-17(22)7-9-18/h4-12,15H,13-14H2,1-3H3,(H,24,28)(H,25,27)/b23-12-. The molecule has 0 heterocycles. The van der Waals surface area contributed by atoms with E-state index in [4.69, 9.17) is 4.74 Å². The van der Waals surface area contributed by atoms with Crippen LogP contribution >= 0.6 is 15.9 Å². The number of carbonyl (C=O) groups is 2. The highest BCUT2D eigenvalue weighted by Gasteiger charge is 2.20. The van der Waals surface area contributed by atoms with E-state index in [9.17, 15) is 18.0 Å². The number of rotatable bonds is 10. The van der Waals surface area contributed by atoms with E-state index < -0.39 is 22.5 Å². The third-order valence-corrected chi connectivity index (χ3v) is 5.57. The molecule has 0 atom stereocenters. The number of sulfonamides is 1. The van der Waals surface area contributed by atoms with Crippen LogP contribution < -0.4 is 19.8 Å². The van der Waals surface area contributed by atoms with Gasteiger partial charge in [-0.05, 0) is 67.9 Å². The summed E-state index contributed by atoms with van der Waals surface area (Å²) in [6, 6.07) is 13.4. The lowest BCUT2D eigenvalue weighted by atomic mass is 10.2. The fourth-order valence-corrected chi connectivity index (χ4v) is 3.64. The SMILES string of the molecule is CC(C)NC(=O)COc1ccc(/C=N\NC(=O)CN(c2ccc(Br)cc2)S(C)(=O)=O)cc1. The van der Waals surface area contributed by atoms with Crippen LogP contribution in [0.5, 0.6) is 5.75 Å². The molecule has 32 heavy (non-hydrogen) atoms. The number of hydrogen-bond acceptors (Lipinski definition) is 6. The summed E-state index contributed by atoms with van der Waals surface area (Å²) < 4.78 is 31.4. The molecule has 0 spiro atoms. The molecule has 9 nitrogen and oxygen atoms in total. The average molecular weight is 525 g/mol. The number of ether oxygens (including phenoxy) is 1. The van der Waals surface area contributed by atoms with Crippen LogP contribution in [0.4, 0.5) is 5.69 Å². The Kier molecular flexibility index (Phi) is 9.21. The average Bonchev–Trinajstić information content (AvgIpc) is 2.71. The van der Waals surface area contributed by atoms with Crippen LogP contribution in [-0.2, 0) is 19.6 Å². The van der Waals surface area contributed by atoms with Gasteiger partial charge >= 0.3 is 0 Å². The lowest BCUT2D eigenvalue weighted by molar-refractivity contribution is -0.123. The van der Waals surface area contributed by atoms with Gasteiger partial charge in [-0.15, -0.1) is 0 Å². The molecule has 0 saturated carbocycles. The molecule has 0 aromatic heterocycles. The maximum absolute atomic E-state index is 12.2. The zero-order valence-corrected chi connectivity index (χ0v) is 20.3. The molecule has 0 aliphatic carbocycles. The molecule has 0 aliphatic heterocycles. The maximum Gasteiger partial charge on any atom is 0.260 e. The van der Waals surface area contributed by atoms with Gasteiger partial charge in [-0.1, -0.05) is 15.9 Å². The lowest BCUT2D eigenvalue weighted by Crippen LogP contribution is -2.39. The van der Waals surface area contributed by atoms with Crippen molar-refractivity contribution in [3.05, 3.63) is 58.6 Å². The molecule has 11 heteroatoms. The van der Waals surface area contributed by atoms with Gasteiger partial charge in [0.15, 0.2) is 6.61 Å². The molecular formula is C21H25BrN4O5S. The van der Waals surface area contributed by atoms with Crippen LogP contribution in [0, 0.1) is 0 Å². The van der Waals surface area contributed by atoms with Crippen molar-refractivity contribution in [1.29, 1.82) is 0 Å². The lowest BCUT2D eigenvalue weighted by Gasteiger charge is -2.21. The molecule has 172 valence electrons. The predicted octanol–water partition coefficient (Wildman–Crippen LogP) is 2.27. The summed E-state index contributed by atoms with van der Waals surface area (Å²) in [4.78, 5) is 23.8. The second-order valence-corrected chi connectivity index (χ2v) is 9.94. The summed E-state index contributed by atoms with van der Waals surface area (Å²) in [6.45, 7) is 3.23. The molecular weight excluding hydrogens is 500 g/mol. The quantitative estimate of drug-likeness (QED) is 0.365. The minimum absolute atomic E-state index is 0.0410. The van der Waals surface area contributed by atoms with Crippen molar-refractivity contribution in [2.45, 2.75) is 19.9 Å². The number of hydrazone groups is 1. The van der Waals surface area contributed by atoms with E-state index in [-0.39, 0.29) is 18.6 Å². The van der Waals surface area contributed by atoms with Gasteiger partial charge in [-0.3, -0.25) is 13.9 Å². The van der Waals surface area contributed by atoms with Crippen LogP contribution in [0.1, 0.15) is 19.4 Å². The number of nitrogens with zero attached hydrogens (tertiary/aromatic N) is 2. The van der Waals surface area contributed by atoms with Crippen LogP contribution in [0.2, 0.25) is 0 Å². The third kappa shape index (κ3) is 8.67. The highest BCUT2D eigenvalue weighted by molar-refractivity contribution is 9.10. The number of hydrogen-bond donors (Lipinski definition) is 2. The van der Waals surface area contributed by atoms with Gasteiger partial charge in [-0.2, -0.15) is 5.10 Å². The predicted molar refractivity (Wildman–Crippen MR) is 127 cm³/mol. The topological polar surface area (TPSA) is 117 Å². The Bertz CT molecular complexity index is 1050. The van der Waals surface area contributed by atoms with E-state index in [2.05, 4.69) is 31.8 Å². The van der Waals surface area contributed by atoms with Gasteiger partial charge in [0.2, 0.25) is 10.0 Å². The minimum atomic E-state index is -3.66. The zero-order valence-electron chi connectivity index (χ0n) is 17.9. The molecule has 0 bridgehead atoms. The molecule has 2 amide bonds. The van der Waals surface area contributed by atoms with Crippen molar-refractivity contribution in [3.63, 3.8) is 0 Å². The van der Waals surface area contributed by atoms with Gasteiger partial charge < -0.3 is 10.1 Å². The molecule has 0 aliphatic rings. The Labute approximate surface area is 196 Å². The molecule has 0 saturated heterocycles. The molecule has 0 radical (unpaired) electrons. The molecule has 2 aromatic rings. The number of nitrogens with one attached hydrogen (secondary N) is 2. The van der Waals surface area contributed by atoms with Crippen molar-refractivity contribution in [1.82, 2.24) is 10.7 Å². The number of benzene rings is 2. The second kappa shape index (κ2) is 11.6. The number of anilines is 1. The van der Waals surface area contributed by atoms with Gasteiger partial charge in [0.25, 0.3) is 11.8 Å². The van der Waals surface area contributed by atoms with E-state index >= 15 is 0 Å².